The van der Waals surface area contributed by atoms with Crippen LogP contribution in [0.5, 0.6) is 0 Å². The number of aryl methyl sites for hydroxylation is 2. The van der Waals surface area contributed by atoms with Crippen molar-refractivity contribution in [1.29, 1.82) is 0 Å². The largest absolute Gasteiger partial charge is 0.353 e. The summed E-state index contributed by atoms with van der Waals surface area (Å²) in [5.41, 5.74) is 2.22. The Hall–Kier alpha value is -2.04. The van der Waals surface area contributed by atoms with Crippen LogP contribution in [0.3, 0.4) is 0 Å². The highest BCUT2D eigenvalue weighted by atomic mass is 16.1. The molecule has 0 saturated carbocycles. The minimum absolute atomic E-state index is 0.0394. The van der Waals surface area contributed by atoms with Gasteiger partial charge < -0.3 is 14.5 Å². The van der Waals surface area contributed by atoms with Crippen LogP contribution in [0.25, 0.3) is 0 Å². The molecule has 0 fully saturated rings. The van der Waals surface area contributed by atoms with Gasteiger partial charge >= 0.3 is 0 Å². The fourth-order valence-corrected chi connectivity index (χ4v) is 1.89. The number of amides is 1. The first-order valence-corrected chi connectivity index (χ1v) is 6.02. The molecule has 1 N–H and O–H groups in total. The van der Waals surface area contributed by atoms with E-state index in [-0.39, 0.29) is 5.91 Å². The molecule has 0 radical (unpaired) electrons. The summed E-state index contributed by atoms with van der Waals surface area (Å²) in [5.74, 6) is 0.0394. The second-order valence-corrected chi connectivity index (χ2v) is 4.35. The summed E-state index contributed by atoms with van der Waals surface area (Å²) in [6, 6.07) is 4.04. The summed E-state index contributed by atoms with van der Waals surface area (Å²) < 4.78 is 3.94. The molecule has 2 aromatic heterocycles. The van der Waals surface area contributed by atoms with Crippen molar-refractivity contribution in [3.8, 4) is 0 Å². The fraction of sp³-hybridized carbons (Fsp3) is 0.385. The Kier molecular flexibility index (Phi) is 3.82. The highest BCUT2D eigenvalue weighted by Gasteiger charge is 2.06. The third-order valence-electron chi connectivity index (χ3n) is 2.97. The fourth-order valence-electron chi connectivity index (χ4n) is 1.89. The molecule has 2 heterocycles. The maximum atomic E-state index is 11.8. The molecule has 0 aliphatic carbocycles. The number of rotatable bonds is 5. The van der Waals surface area contributed by atoms with Gasteiger partial charge in [0.1, 0.15) is 6.54 Å². The molecular weight excluding hydrogens is 228 g/mol. The number of carbonyl (C=O) groups is 1. The van der Waals surface area contributed by atoms with Crippen molar-refractivity contribution in [3.05, 3.63) is 42.2 Å². The summed E-state index contributed by atoms with van der Waals surface area (Å²) >= 11 is 0. The highest BCUT2D eigenvalue weighted by Crippen LogP contribution is 2.06. The predicted octanol–water partition coefficient (Wildman–Crippen LogP) is 1.12. The molecular formula is C13H18N4O. The molecule has 5 heteroatoms. The summed E-state index contributed by atoms with van der Waals surface area (Å²) in [6.45, 7) is 5.76. The standard InChI is InChI=1S/C13H18N4O/c1-11-3-4-12(2)17(11)9-13(18)15-6-8-16-7-5-14-10-16/h3-5,7,10H,6,8-9H2,1-2H3,(H,15,18). The molecule has 0 saturated heterocycles. The van der Waals surface area contributed by atoms with Crippen LogP contribution in [0.4, 0.5) is 0 Å². The Balaban J connectivity index is 1.79. The van der Waals surface area contributed by atoms with Gasteiger partial charge in [-0.05, 0) is 26.0 Å². The van der Waals surface area contributed by atoms with Gasteiger partial charge in [0.15, 0.2) is 0 Å². The van der Waals surface area contributed by atoms with Crippen molar-refractivity contribution in [1.82, 2.24) is 19.4 Å². The molecule has 0 aliphatic heterocycles. The quantitative estimate of drug-likeness (QED) is 0.859. The summed E-state index contributed by atoms with van der Waals surface area (Å²) in [5, 5.41) is 2.91. The summed E-state index contributed by atoms with van der Waals surface area (Å²) in [7, 11) is 0. The average molecular weight is 246 g/mol. The highest BCUT2D eigenvalue weighted by molar-refractivity contribution is 5.75. The van der Waals surface area contributed by atoms with Gasteiger partial charge in [-0.3, -0.25) is 4.79 Å². The van der Waals surface area contributed by atoms with E-state index in [0.717, 1.165) is 17.9 Å². The third-order valence-corrected chi connectivity index (χ3v) is 2.97. The monoisotopic (exact) mass is 246 g/mol. The van der Waals surface area contributed by atoms with Crippen molar-refractivity contribution in [2.45, 2.75) is 26.9 Å². The van der Waals surface area contributed by atoms with E-state index in [4.69, 9.17) is 0 Å². The number of carbonyl (C=O) groups excluding carboxylic acids is 1. The molecule has 0 aromatic carbocycles. The molecule has 0 aliphatic rings. The van der Waals surface area contributed by atoms with Gasteiger partial charge in [0.05, 0.1) is 6.33 Å². The van der Waals surface area contributed by atoms with Crippen LogP contribution in [0, 0.1) is 13.8 Å². The number of hydrogen-bond acceptors (Lipinski definition) is 2. The molecule has 0 unspecified atom stereocenters. The van der Waals surface area contributed by atoms with Gasteiger partial charge in [-0.1, -0.05) is 0 Å². The van der Waals surface area contributed by atoms with Crippen LogP contribution >= 0.6 is 0 Å². The van der Waals surface area contributed by atoms with Gasteiger partial charge in [-0.25, -0.2) is 4.98 Å². The number of nitrogens with zero attached hydrogens (tertiary/aromatic N) is 3. The Labute approximate surface area is 106 Å². The van der Waals surface area contributed by atoms with E-state index in [0.29, 0.717) is 13.1 Å². The van der Waals surface area contributed by atoms with E-state index in [1.165, 1.54) is 0 Å². The second kappa shape index (κ2) is 5.53. The maximum Gasteiger partial charge on any atom is 0.239 e. The zero-order valence-corrected chi connectivity index (χ0v) is 10.8. The molecule has 0 bridgehead atoms. The normalized spacial score (nSPS) is 10.6. The van der Waals surface area contributed by atoms with Crippen LogP contribution in [0.1, 0.15) is 11.4 Å². The van der Waals surface area contributed by atoms with E-state index in [1.54, 1.807) is 12.5 Å². The minimum atomic E-state index is 0.0394. The number of imidazole rings is 1. The van der Waals surface area contributed by atoms with Crippen molar-refractivity contribution in [2.24, 2.45) is 0 Å². The Morgan fingerprint density at radius 3 is 2.67 bits per heavy atom. The van der Waals surface area contributed by atoms with Crippen molar-refractivity contribution in [2.75, 3.05) is 6.54 Å². The molecule has 2 aromatic rings. The van der Waals surface area contributed by atoms with Gasteiger partial charge in [-0.15, -0.1) is 0 Å². The van der Waals surface area contributed by atoms with Crippen LogP contribution in [-0.2, 0) is 17.9 Å². The van der Waals surface area contributed by atoms with Gasteiger partial charge in [0.25, 0.3) is 0 Å². The molecule has 96 valence electrons. The first-order chi connectivity index (χ1) is 8.66. The lowest BCUT2D eigenvalue weighted by Gasteiger charge is -2.10. The van der Waals surface area contributed by atoms with Gasteiger partial charge in [-0.2, -0.15) is 0 Å². The first kappa shape index (κ1) is 12.4. The van der Waals surface area contributed by atoms with Gasteiger partial charge in [0.2, 0.25) is 5.91 Å². The molecule has 2 rings (SSSR count). The van der Waals surface area contributed by atoms with Crippen molar-refractivity contribution in [3.63, 3.8) is 0 Å². The first-order valence-electron chi connectivity index (χ1n) is 6.02. The second-order valence-electron chi connectivity index (χ2n) is 4.35. The van der Waals surface area contributed by atoms with Crippen molar-refractivity contribution >= 4 is 5.91 Å². The van der Waals surface area contributed by atoms with Crippen LogP contribution in [0.2, 0.25) is 0 Å². The zero-order valence-electron chi connectivity index (χ0n) is 10.8. The summed E-state index contributed by atoms with van der Waals surface area (Å²) in [4.78, 5) is 15.7. The molecule has 0 atom stereocenters. The molecule has 1 amide bonds. The van der Waals surface area contributed by atoms with Crippen molar-refractivity contribution < 1.29 is 4.79 Å². The number of aromatic nitrogens is 3. The topological polar surface area (TPSA) is 51.9 Å². The van der Waals surface area contributed by atoms with E-state index < -0.39 is 0 Å². The predicted molar refractivity (Wildman–Crippen MR) is 69.1 cm³/mol. The lowest BCUT2D eigenvalue weighted by molar-refractivity contribution is -0.121. The van der Waals surface area contributed by atoms with Gasteiger partial charge in [0, 0.05) is 36.9 Å². The smallest absolute Gasteiger partial charge is 0.239 e. The van der Waals surface area contributed by atoms with E-state index in [1.807, 2.05) is 41.3 Å². The van der Waals surface area contributed by atoms with Crippen LogP contribution in [0.15, 0.2) is 30.9 Å². The number of hydrogen-bond donors (Lipinski definition) is 1. The average Bonchev–Trinajstić information content (AvgIpc) is 2.94. The number of nitrogens with one attached hydrogen (secondary N) is 1. The SMILES string of the molecule is Cc1ccc(C)n1CC(=O)NCCn1ccnc1. The maximum absolute atomic E-state index is 11.8. The Morgan fingerprint density at radius 1 is 1.33 bits per heavy atom. The lowest BCUT2D eigenvalue weighted by Crippen LogP contribution is -2.30. The molecule has 5 nitrogen and oxygen atoms in total. The van der Waals surface area contributed by atoms with E-state index >= 15 is 0 Å². The lowest BCUT2D eigenvalue weighted by atomic mass is 10.4. The Morgan fingerprint density at radius 2 is 2.06 bits per heavy atom. The molecule has 18 heavy (non-hydrogen) atoms. The summed E-state index contributed by atoms with van der Waals surface area (Å²) in [6.07, 6.45) is 5.35. The Bertz CT molecular complexity index is 494. The minimum Gasteiger partial charge on any atom is -0.353 e. The van der Waals surface area contributed by atoms with Crippen LogP contribution < -0.4 is 5.32 Å². The van der Waals surface area contributed by atoms with E-state index in [9.17, 15) is 4.79 Å². The zero-order chi connectivity index (χ0) is 13.0. The molecule has 0 spiro atoms. The third kappa shape index (κ3) is 3.00. The van der Waals surface area contributed by atoms with Crippen LogP contribution in [-0.4, -0.2) is 26.6 Å². The van der Waals surface area contributed by atoms with E-state index in [2.05, 4.69) is 10.3 Å².